The number of ether oxygens (including phenoxy) is 1. The van der Waals surface area contributed by atoms with Crippen LogP contribution in [0, 0.1) is 28.8 Å². The summed E-state index contributed by atoms with van der Waals surface area (Å²) in [5.41, 5.74) is -0.426. The van der Waals surface area contributed by atoms with Crippen LogP contribution in [0.15, 0.2) is 30.3 Å². The molecule has 0 spiro atoms. The van der Waals surface area contributed by atoms with E-state index in [0.717, 1.165) is 12.1 Å². The minimum absolute atomic E-state index is 0.213. The Morgan fingerprint density at radius 1 is 1.20 bits per heavy atom. The molecule has 0 saturated carbocycles. The van der Waals surface area contributed by atoms with Crippen molar-refractivity contribution in [3.8, 4) is 11.8 Å². The van der Waals surface area contributed by atoms with E-state index in [1.165, 1.54) is 18.2 Å². The lowest BCUT2D eigenvalue weighted by Crippen LogP contribution is -2.30. The van der Waals surface area contributed by atoms with E-state index in [2.05, 4.69) is 5.32 Å². The second-order valence-corrected chi connectivity index (χ2v) is 5.63. The van der Waals surface area contributed by atoms with Gasteiger partial charge in [0.1, 0.15) is 28.8 Å². The first-order chi connectivity index (χ1) is 12.0. The van der Waals surface area contributed by atoms with Gasteiger partial charge in [0.15, 0.2) is 0 Å². The van der Waals surface area contributed by atoms with Crippen LogP contribution < -0.4 is 10.1 Å². The van der Waals surface area contributed by atoms with E-state index in [1.54, 1.807) is 6.07 Å². The number of carbonyl (C=O) groups is 1. The second-order valence-electron chi connectivity index (χ2n) is 5.63. The Balaban J connectivity index is 1.91. The summed E-state index contributed by atoms with van der Waals surface area (Å²) >= 11 is 0. The largest absolute Gasteiger partial charge is 0.493 e. The van der Waals surface area contributed by atoms with Crippen LogP contribution in [0.25, 0.3) is 0 Å². The summed E-state index contributed by atoms with van der Waals surface area (Å²) in [5.74, 6) is -3.35. The highest BCUT2D eigenvalue weighted by molar-refractivity contribution is 5.95. The summed E-state index contributed by atoms with van der Waals surface area (Å²) in [6.07, 6.45) is 1.06. The number of hydrogen-bond acceptors (Lipinski definition) is 3. The number of nitrogens with one attached hydrogen (secondary N) is 1. The van der Waals surface area contributed by atoms with Crippen molar-refractivity contribution in [2.24, 2.45) is 0 Å². The monoisotopic (exact) mass is 346 g/mol. The Morgan fingerprint density at radius 2 is 1.92 bits per heavy atom. The molecule has 4 nitrogen and oxygen atoms in total. The summed E-state index contributed by atoms with van der Waals surface area (Å²) in [4.78, 5) is 12.4. The topological polar surface area (TPSA) is 62.1 Å². The number of hydrogen-bond donors (Lipinski definition) is 1. The standard InChI is InChI=1S/C18H13F3N2O2/c19-11-3-4-12-15(2-1-5-25-16(12)8-11)23-18(24)17-13(20)6-10(9-22)7-14(17)21/h3-4,6-8,15H,1-2,5H2,(H,23,24)/t15-/m0/s1. The lowest BCUT2D eigenvalue weighted by molar-refractivity contribution is 0.0926. The van der Waals surface area contributed by atoms with Crippen LogP contribution >= 0.6 is 0 Å². The van der Waals surface area contributed by atoms with Crippen molar-refractivity contribution in [1.29, 1.82) is 5.26 Å². The van der Waals surface area contributed by atoms with E-state index in [4.69, 9.17) is 10.00 Å². The number of halogens is 3. The molecule has 0 bridgehead atoms. The molecule has 1 heterocycles. The highest BCUT2D eigenvalue weighted by Gasteiger charge is 2.25. The van der Waals surface area contributed by atoms with Gasteiger partial charge in [-0.15, -0.1) is 0 Å². The smallest absolute Gasteiger partial charge is 0.257 e. The van der Waals surface area contributed by atoms with Crippen molar-refractivity contribution < 1.29 is 22.7 Å². The van der Waals surface area contributed by atoms with Gasteiger partial charge in [-0.25, -0.2) is 13.2 Å². The van der Waals surface area contributed by atoms with Gasteiger partial charge in [0, 0.05) is 11.6 Å². The van der Waals surface area contributed by atoms with Gasteiger partial charge >= 0.3 is 0 Å². The molecule has 0 unspecified atom stereocenters. The molecule has 0 fully saturated rings. The number of carbonyl (C=O) groups excluding carboxylic acids is 1. The van der Waals surface area contributed by atoms with Gasteiger partial charge in [-0.3, -0.25) is 4.79 Å². The number of fused-ring (bicyclic) bond motifs is 1. The molecule has 1 atom stereocenters. The van der Waals surface area contributed by atoms with E-state index in [-0.39, 0.29) is 5.56 Å². The van der Waals surface area contributed by atoms with Crippen LogP contribution in [0.2, 0.25) is 0 Å². The van der Waals surface area contributed by atoms with E-state index in [9.17, 15) is 18.0 Å². The van der Waals surface area contributed by atoms with Crippen molar-refractivity contribution >= 4 is 5.91 Å². The van der Waals surface area contributed by atoms with Crippen molar-refractivity contribution in [2.45, 2.75) is 18.9 Å². The number of nitriles is 1. The van der Waals surface area contributed by atoms with Crippen LogP contribution in [-0.2, 0) is 0 Å². The predicted molar refractivity (Wildman–Crippen MR) is 82.4 cm³/mol. The minimum Gasteiger partial charge on any atom is -0.493 e. The first-order valence-corrected chi connectivity index (χ1v) is 7.62. The summed E-state index contributed by atoms with van der Waals surface area (Å²) in [7, 11) is 0. The zero-order valence-electron chi connectivity index (χ0n) is 13.0. The van der Waals surface area contributed by atoms with Gasteiger partial charge in [-0.1, -0.05) is 6.07 Å². The minimum atomic E-state index is -1.11. The Hall–Kier alpha value is -3.01. The first kappa shape index (κ1) is 16.8. The number of benzene rings is 2. The van der Waals surface area contributed by atoms with Crippen LogP contribution in [0.4, 0.5) is 13.2 Å². The van der Waals surface area contributed by atoms with Gasteiger partial charge in [0.2, 0.25) is 0 Å². The number of nitrogens with zero attached hydrogens (tertiary/aromatic N) is 1. The molecule has 1 N–H and O–H groups in total. The SMILES string of the molecule is N#Cc1cc(F)c(C(=O)N[C@H]2CCCOc3cc(F)ccc32)c(F)c1. The molecule has 1 aliphatic rings. The van der Waals surface area contributed by atoms with Crippen molar-refractivity contribution in [2.75, 3.05) is 6.61 Å². The average molecular weight is 346 g/mol. The molecule has 128 valence electrons. The summed E-state index contributed by atoms with van der Waals surface area (Å²) in [6.45, 7) is 0.350. The molecule has 1 amide bonds. The molecular weight excluding hydrogens is 333 g/mol. The fraction of sp³-hybridized carbons (Fsp3) is 0.222. The molecule has 1 aliphatic heterocycles. The van der Waals surface area contributed by atoms with Gasteiger partial charge in [-0.05, 0) is 31.0 Å². The zero-order chi connectivity index (χ0) is 18.0. The predicted octanol–water partition coefficient (Wildman–Crippen LogP) is 3.62. The molecule has 0 aromatic heterocycles. The lowest BCUT2D eigenvalue weighted by atomic mass is 10.0. The molecule has 7 heteroatoms. The summed E-state index contributed by atoms with van der Waals surface area (Å²) in [5, 5.41) is 11.3. The van der Waals surface area contributed by atoms with Gasteiger partial charge in [0.05, 0.1) is 24.3 Å². The van der Waals surface area contributed by atoms with Crippen LogP contribution in [0.1, 0.15) is 40.4 Å². The second kappa shape index (κ2) is 6.85. The van der Waals surface area contributed by atoms with Gasteiger partial charge < -0.3 is 10.1 Å². The maximum atomic E-state index is 14.0. The molecule has 2 aromatic rings. The molecule has 0 radical (unpaired) electrons. The molecule has 3 rings (SSSR count). The summed E-state index contributed by atoms with van der Waals surface area (Å²) in [6, 6.07) is 6.58. The quantitative estimate of drug-likeness (QED) is 0.903. The molecule has 25 heavy (non-hydrogen) atoms. The third-order valence-corrected chi connectivity index (χ3v) is 3.95. The maximum absolute atomic E-state index is 14.0. The van der Waals surface area contributed by atoms with Gasteiger partial charge in [0.25, 0.3) is 5.91 Å². The Kier molecular flexibility index (Phi) is 4.61. The fourth-order valence-electron chi connectivity index (χ4n) is 2.78. The van der Waals surface area contributed by atoms with Gasteiger partial charge in [-0.2, -0.15) is 5.26 Å². The van der Waals surface area contributed by atoms with Crippen molar-refractivity contribution in [1.82, 2.24) is 5.32 Å². The van der Waals surface area contributed by atoms with E-state index < -0.39 is 35.0 Å². The third-order valence-electron chi connectivity index (χ3n) is 3.95. The Bertz CT molecular complexity index is 854. The highest BCUT2D eigenvalue weighted by atomic mass is 19.1. The Labute approximate surface area is 141 Å². The highest BCUT2D eigenvalue weighted by Crippen LogP contribution is 2.32. The van der Waals surface area contributed by atoms with E-state index in [0.29, 0.717) is 30.8 Å². The fourth-order valence-corrected chi connectivity index (χ4v) is 2.78. The Morgan fingerprint density at radius 3 is 2.60 bits per heavy atom. The third kappa shape index (κ3) is 3.43. The molecule has 0 aliphatic carbocycles. The maximum Gasteiger partial charge on any atom is 0.257 e. The lowest BCUT2D eigenvalue weighted by Gasteiger charge is -2.19. The van der Waals surface area contributed by atoms with E-state index in [1.807, 2.05) is 0 Å². The van der Waals surface area contributed by atoms with Crippen molar-refractivity contribution in [3.05, 3.63) is 64.5 Å². The number of rotatable bonds is 2. The molecule has 2 aromatic carbocycles. The van der Waals surface area contributed by atoms with E-state index >= 15 is 0 Å². The molecule has 0 saturated heterocycles. The van der Waals surface area contributed by atoms with Crippen molar-refractivity contribution in [3.63, 3.8) is 0 Å². The average Bonchev–Trinajstić information content (AvgIpc) is 2.76. The normalized spacial score (nSPS) is 16.2. The zero-order valence-corrected chi connectivity index (χ0v) is 13.0. The molecular formula is C18H13F3N2O2. The summed E-state index contributed by atoms with van der Waals surface area (Å²) < 4.78 is 46.8. The number of amides is 1. The first-order valence-electron chi connectivity index (χ1n) is 7.62. The van der Waals surface area contributed by atoms with Crippen LogP contribution in [0.3, 0.4) is 0 Å². The van der Waals surface area contributed by atoms with Crippen LogP contribution in [0.5, 0.6) is 5.75 Å². The van der Waals surface area contributed by atoms with Crippen LogP contribution in [-0.4, -0.2) is 12.5 Å².